The van der Waals surface area contributed by atoms with Crippen LogP contribution in [0.2, 0.25) is 0 Å². The van der Waals surface area contributed by atoms with Gasteiger partial charge < -0.3 is 63.8 Å². The number of hydrogen-bond acceptors (Lipinski definition) is 14. The van der Waals surface area contributed by atoms with Crippen molar-refractivity contribution in [2.24, 2.45) is 22.7 Å². The largest absolute Gasteiger partial charge is 0.493 e. The average Bonchev–Trinajstić information content (AvgIpc) is 3.34. The molecule has 4 aliphatic rings. The van der Waals surface area contributed by atoms with E-state index in [9.17, 15) is 40.5 Å². The van der Waals surface area contributed by atoms with Gasteiger partial charge in [0.1, 0.15) is 47.5 Å². The highest BCUT2D eigenvalue weighted by atomic mass is 16.7. The summed E-state index contributed by atoms with van der Waals surface area (Å²) in [7, 11) is 0. The SMILES string of the molecule is C=C1C[C@H](O)[C@@H]2C(C)(C)[C@H](O[C@@H]3O[C@H](CO[C@@H]4OC[C@](O)(CO)[C@H]4O)[C@@H](O)[C@H](O)[C@H]3O)CC[C@@]2(C)[C@H]1COc1ccc2ccc(=O)oc2c1. The zero-order valence-corrected chi connectivity index (χ0v) is 27.9. The molecule has 2 saturated heterocycles. The van der Waals surface area contributed by atoms with Gasteiger partial charge in [0.25, 0.3) is 0 Å². The highest BCUT2D eigenvalue weighted by molar-refractivity contribution is 5.77. The molecule has 0 bridgehead atoms. The summed E-state index contributed by atoms with van der Waals surface area (Å²) in [5, 5.41) is 74.5. The van der Waals surface area contributed by atoms with Gasteiger partial charge in [0.05, 0.1) is 38.6 Å². The van der Waals surface area contributed by atoms with Gasteiger partial charge in [0, 0.05) is 23.4 Å². The predicted octanol–water partition coefficient (Wildman–Crippen LogP) is 0.201. The molecule has 0 radical (unpaired) electrons. The monoisotopic (exact) mass is 692 g/mol. The van der Waals surface area contributed by atoms with Crippen molar-refractivity contribution in [1.29, 1.82) is 0 Å². The van der Waals surface area contributed by atoms with Gasteiger partial charge in [0.15, 0.2) is 12.6 Å². The molecule has 14 heteroatoms. The Kier molecular flexibility index (Phi) is 10.1. The van der Waals surface area contributed by atoms with Crippen molar-refractivity contribution < 1.29 is 63.8 Å². The first-order valence-corrected chi connectivity index (χ1v) is 16.7. The minimum absolute atomic E-state index is 0.133. The van der Waals surface area contributed by atoms with Gasteiger partial charge >= 0.3 is 5.63 Å². The number of ether oxygens (including phenoxy) is 5. The molecule has 2 saturated carbocycles. The quantitative estimate of drug-likeness (QED) is 0.106. The number of hydrogen-bond donors (Lipinski definition) is 7. The molecule has 272 valence electrons. The molecule has 3 heterocycles. The Morgan fingerprint density at radius 3 is 2.43 bits per heavy atom. The highest BCUT2D eigenvalue weighted by Gasteiger charge is 2.61. The van der Waals surface area contributed by atoms with Crippen molar-refractivity contribution in [3.05, 3.63) is 52.9 Å². The summed E-state index contributed by atoms with van der Waals surface area (Å²) in [6.45, 7) is 9.18. The summed E-state index contributed by atoms with van der Waals surface area (Å²) < 4.78 is 34.7. The fourth-order valence-electron chi connectivity index (χ4n) is 8.66. The van der Waals surface area contributed by atoms with E-state index in [1.54, 1.807) is 12.1 Å². The molecule has 4 fully saturated rings. The Morgan fingerprint density at radius 2 is 1.71 bits per heavy atom. The molecule has 14 nitrogen and oxygen atoms in total. The van der Waals surface area contributed by atoms with Gasteiger partial charge in [-0.15, -0.1) is 0 Å². The molecule has 1 aromatic heterocycles. The predicted molar refractivity (Wildman–Crippen MR) is 171 cm³/mol. The number of fused-ring (bicyclic) bond motifs is 2. The first-order valence-electron chi connectivity index (χ1n) is 16.7. The van der Waals surface area contributed by atoms with E-state index in [1.807, 2.05) is 26.0 Å². The van der Waals surface area contributed by atoms with Crippen LogP contribution in [0.15, 0.2) is 51.7 Å². The molecule has 0 spiro atoms. The number of benzene rings is 1. The van der Waals surface area contributed by atoms with Crippen LogP contribution in [0.5, 0.6) is 5.75 Å². The van der Waals surface area contributed by atoms with Crippen LogP contribution in [0.25, 0.3) is 11.0 Å². The normalized spacial score (nSPS) is 42.2. The Labute approximate surface area is 283 Å². The molecule has 6 rings (SSSR count). The molecule has 7 N–H and O–H groups in total. The maximum atomic E-state index is 11.7. The minimum Gasteiger partial charge on any atom is -0.493 e. The number of aliphatic hydroxyl groups excluding tert-OH is 6. The van der Waals surface area contributed by atoms with Crippen molar-refractivity contribution in [2.75, 3.05) is 26.4 Å². The maximum Gasteiger partial charge on any atom is 0.336 e. The maximum absolute atomic E-state index is 11.7. The second-order valence-corrected chi connectivity index (χ2v) is 14.9. The fraction of sp³-hybridized carbons (Fsp3) is 0.686. The van der Waals surface area contributed by atoms with Gasteiger partial charge in [-0.2, -0.15) is 0 Å². The van der Waals surface area contributed by atoms with Gasteiger partial charge in [-0.1, -0.05) is 32.9 Å². The van der Waals surface area contributed by atoms with E-state index >= 15 is 0 Å². The third kappa shape index (κ3) is 6.58. The van der Waals surface area contributed by atoms with Crippen LogP contribution in [0, 0.1) is 22.7 Å². The third-order valence-electron chi connectivity index (χ3n) is 11.4. The van der Waals surface area contributed by atoms with Crippen LogP contribution in [-0.2, 0) is 18.9 Å². The number of aliphatic hydroxyl groups is 7. The van der Waals surface area contributed by atoms with Crippen LogP contribution in [-0.4, -0.2) is 123 Å². The Hall–Kier alpha value is -2.47. The standard InChI is InChI=1S/C35H48O14/c1-17-11-21(37)29-33(2,3)24(9-10-34(29,4)20(17)13-44-19-7-5-18-6-8-25(38)47-22(18)12-19)49-31-28(41)27(40)26(39)23(48-31)14-45-32-30(42)35(43,15-36)16-46-32/h5-8,12,20-21,23-24,26-32,36-37,39-43H,1,9-11,13-16H2,2-4H3/t20-,21-,23+,24+,26+,27-,28+,29+,30-,31-,32+,34-,35+/m0/s1. The first kappa shape index (κ1) is 36.3. The van der Waals surface area contributed by atoms with Crippen LogP contribution >= 0.6 is 0 Å². The molecule has 1 aromatic carbocycles. The highest BCUT2D eigenvalue weighted by Crippen LogP contribution is 2.61. The van der Waals surface area contributed by atoms with Crippen molar-refractivity contribution in [1.82, 2.24) is 0 Å². The summed E-state index contributed by atoms with van der Waals surface area (Å²) >= 11 is 0. The average molecular weight is 693 g/mol. The summed E-state index contributed by atoms with van der Waals surface area (Å²) in [6, 6.07) is 8.37. The summed E-state index contributed by atoms with van der Waals surface area (Å²) in [5.41, 5.74) is -2.21. The molecule has 2 aliphatic carbocycles. The van der Waals surface area contributed by atoms with Crippen molar-refractivity contribution in [3.8, 4) is 5.75 Å². The van der Waals surface area contributed by atoms with Crippen LogP contribution in [0.1, 0.15) is 40.0 Å². The zero-order chi connectivity index (χ0) is 35.5. The second-order valence-electron chi connectivity index (χ2n) is 14.9. The molecular weight excluding hydrogens is 644 g/mol. The summed E-state index contributed by atoms with van der Waals surface area (Å²) in [5.74, 6) is 0.110. The van der Waals surface area contributed by atoms with E-state index in [0.717, 1.165) is 11.0 Å². The topological polar surface area (TPSA) is 218 Å². The van der Waals surface area contributed by atoms with Crippen LogP contribution in [0.4, 0.5) is 0 Å². The Balaban J connectivity index is 1.14. The van der Waals surface area contributed by atoms with Crippen molar-refractivity contribution in [3.63, 3.8) is 0 Å². The third-order valence-corrected chi connectivity index (χ3v) is 11.4. The van der Waals surface area contributed by atoms with E-state index < -0.39 is 90.6 Å². The van der Waals surface area contributed by atoms with E-state index in [1.165, 1.54) is 6.07 Å². The zero-order valence-electron chi connectivity index (χ0n) is 27.9. The molecule has 2 aromatic rings. The van der Waals surface area contributed by atoms with Gasteiger partial charge in [-0.25, -0.2) is 4.79 Å². The first-order chi connectivity index (χ1) is 23.1. The Morgan fingerprint density at radius 1 is 0.980 bits per heavy atom. The number of rotatable bonds is 9. The molecule has 13 atom stereocenters. The van der Waals surface area contributed by atoms with E-state index in [4.69, 9.17) is 28.1 Å². The molecule has 0 amide bonds. The van der Waals surface area contributed by atoms with Gasteiger partial charge in [0.2, 0.25) is 0 Å². The lowest BCUT2D eigenvalue weighted by molar-refractivity contribution is -0.335. The van der Waals surface area contributed by atoms with E-state index in [0.29, 0.717) is 30.6 Å². The lowest BCUT2D eigenvalue weighted by Crippen LogP contribution is -2.64. The molecule has 49 heavy (non-hydrogen) atoms. The van der Waals surface area contributed by atoms with Gasteiger partial charge in [-0.05, 0) is 54.2 Å². The summed E-state index contributed by atoms with van der Waals surface area (Å²) in [4.78, 5) is 11.7. The molecule has 2 aliphatic heterocycles. The second kappa shape index (κ2) is 13.6. The van der Waals surface area contributed by atoms with Crippen molar-refractivity contribution in [2.45, 2.75) is 101 Å². The molecule has 0 unspecified atom stereocenters. The fourth-order valence-corrected chi connectivity index (χ4v) is 8.66. The lowest BCUT2D eigenvalue weighted by atomic mass is 9.46. The summed E-state index contributed by atoms with van der Waals surface area (Å²) in [6.07, 6.45) is -10.1. The smallest absolute Gasteiger partial charge is 0.336 e. The Bertz CT molecular complexity index is 1560. The van der Waals surface area contributed by atoms with E-state index in [-0.39, 0.29) is 25.0 Å². The van der Waals surface area contributed by atoms with E-state index in [2.05, 4.69) is 13.5 Å². The lowest BCUT2D eigenvalue weighted by Gasteiger charge is -2.61. The van der Waals surface area contributed by atoms with Crippen LogP contribution < -0.4 is 10.4 Å². The van der Waals surface area contributed by atoms with Crippen LogP contribution in [0.3, 0.4) is 0 Å². The minimum atomic E-state index is -1.91. The molecular formula is C35H48O14. The van der Waals surface area contributed by atoms with Gasteiger partial charge in [-0.3, -0.25) is 0 Å². The van der Waals surface area contributed by atoms with Crippen molar-refractivity contribution >= 4 is 11.0 Å².